The normalized spacial score (nSPS) is 12.2. The van der Waals surface area contributed by atoms with Crippen LogP contribution in [0, 0.1) is 11.6 Å². The van der Waals surface area contributed by atoms with Crippen LogP contribution in [0.25, 0.3) is 0 Å². The molecule has 2 aromatic rings. The predicted octanol–water partition coefficient (Wildman–Crippen LogP) is 3.59. The van der Waals surface area contributed by atoms with Crippen molar-refractivity contribution in [1.29, 1.82) is 0 Å². The number of nitrogens with one attached hydrogen (secondary N) is 1. The lowest BCUT2D eigenvalue weighted by molar-refractivity contribution is 0.624. The number of anilines is 2. The second-order valence-corrected chi connectivity index (χ2v) is 4.62. The Kier molecular flexibility index (Phi) is 4.00. The van der Waals surface area contributed by atoms with Crippen LogP contribution in [0.2, 0.25) is 0 Å². The first-order valence-corrected chi connectivity index (χ1v) is 6.10. The highest BCUT2D eigenvalue weighted by Gasteiger charge is 2.07. The van der Waals surface area contributed by atoms with Crippen molar-refractivity contribution in [2.75, 3.05) is 11.1 Å². The Labute approximate surface area is 111 Å². The van der Waals surface area contributed by atoms with E-state index in [0.29, 0.717) is 17.8 Å². The SMILES string of the molecule is CC(Cc1ccc(F)cc1)Nc1ccc(N)cc1F. The van der Waals surface area contributed by atoms with Gasteiger partial charge in [-0.3, -0.25) is 0 Å². The molecule has 2 aromatic carbocycles. The number of nitrogens with two attached hydrogens (primary N) is 1. The Balaban J connectivity index is 2.01. The second kappa shape index (κ2) is 5.69. The van der Waals surface area contributed by atoms with E-state index < -0.39 is 0 Å². The fourth-order valence-electron chi connectivity index (χ4n) is 1.94. The van der Waals surface area contributed by atoms with E-state index in [0.717, 1.165) is 5.56 Å². The highest BCUT2D eigenvalue weighted by atomic mass is 19.1. The monoisotopic (exact) mass is 262 g/mol. The highest BCUT2D eigenvalue weighted by Crippen LogP contribution is 2.18. The third kappa shape index (κ3) is 3.68. The van der Waals surface area contributed by atoms with E-state index in [4.69, 9.17) is 5.73 Å². The van der Waals surface area contributed by atoms with Gasteiger partial charge in [-0.15, -0.1) is 0 Å². The molecule has 0 bridgehead atoms. The van der Waals surface area contributed by atoms with E-state index in [2.05, 4.69) is 5.32 Å². The third-order valence-corrected chi connectivity index (χ3v) is 2.85. The van der Waals surface area contributed by atoms with Gasteiger partial charge in [0.05, 0.1) is 5.69 Å². The molecular formula is C15H16F2N2. The first kappa shape index (κ1) is 13.3. The average molecular weight is 262 g/mol. The molecule has 100 valence electrons. The van der Waals surface area contributed by atoms with Gasteiger partial charge in [0.25, 0.3) is 0 Å². The van der Waals surface area contributed by atoms with Gasteiger partial charge in [0, 0.05) is 11.7 Å². The number of halogens is 2. The van der Waals surface area contributed by atoms with Crippen molar-refractivity contribution in [2.24, 2.45) is 0 Å². The summed E-state index contributed by atoms with van der Waals surface area (Å²) in [4.78, 5) is 0. The molecule has 2 rings (SSSR count). The fraction of sp³-hybridized carbons (Fsp3) is 0.200. The molecular weight excluding hydrogens is 246 g/mol. The van der Waals surface area contributed by atoms with Crippen LogP contribution in [-0.4, -0.2) is 6.04 Å². The molecule has 2 nitrogen and oxygen atoms in total. The first-order chi connectivity index (χ1) is 9.04. The van der Waals surface area contributed by atoms with Crippen LogP contribution in [0.3, 0.4) is 0 Å². The molecule has 0 aliphatic rings. The molecule has 0 aromatic heterocycles. The molecule has 3 N–H and O–H groups in total. The van der Waals surface area contributed by atoms with Crippen molar-refractivity contribution in [3.63, 3.8) is 0 Å². The number of rotatable bonds is 4. The summed E-state index contributed by atoms with van der Waals surface area (Å²) in [6.45, 7) is 1.94. The van der Waals surface area contributed by atoms with Gasteiger partial charge >= 0.3 is 0 Å². The van der Waals surface area contributed by atoms with Crippen LogP contribution in [-0.2, 0) is 6.42 Å². The van der Waals surface area contributed by atoms with Gasteiger partial charge in [0.1, 0.15) is 11.6 Å². The van der Waals surface area contributed by atoms with Crippen LogP contribution in [0.5, 0.6) is 0 Å². The molecule has 0 radical (unpaired) electrons. The van der Waals surface area contributed by atoms with Crippen LogP contribution < -0.4 is 11.1 Å². The van der Waals surface area contributed by atoms with E-state index in [1.807, 2.05) is 6.92 Å². The Morgan fingerprint density at radius 1 is 1.11 bits per heavy atom. The Morgan fingerprint density at radius 2 is 1.79 bits per heavy atom. The van der Waals surface area contributed by atoms with E-state index >= 15 is 0 Å². The van der Waals surface area contributed by atoms with Crippen molar-refractivity contribution < 1.29 is 8.78 Å². The van der Waals surface area contributed by atoms with Gasteiger partial charge in [0.2, 0.25) is 0 Å². The number of hydrogen-bond donors (Lipinski definition) is 2. The minimum Gasteiger partial charge on any atom is -0.399 e. The van der Waals surface area contributed by atoms with Crippen molar-refractivity contribution in [3.05, 3.63) is 59.7 Å². The van der Waals surface area contributed by atoms with Gasteiger partial charge in [-0.05, 0) is 49.2 Å². The predicted molar refractivity (Wildman–Crippen MR) is 74.0 cm³/mol. The average Bonchev–Trinajstić information content (AvgIpc) is 2.36. The lowest BCUT2D eigenvalue weighted by atomic mass is 10.1. The van der Waals surface area contributed by atoms with Crippen LogP contribution in [0.1, 0.15) is 12.5 Å². The van der Waals surface area contributed by atoms with Crippen LogP contribution in [0.15, 0.2) is 42.5 Å². The third-order valence-electron chi connectivity index (χ3n) is 2.85. The van der Waals surface area contributed by atoms with Gasteiger partial charge in [-0.2, -0.15) is 0 Å². The summed E-state index contributed by atoms with van der Waals surface area (Å²) in [6.07, 6.45) is 0.685. The summed E-state index contributed by atoms with van der Waals surface area (Å²) in [5.41, 5.74) is 7.31. The Bertz CT molecular complexity index is 553. The lowest BCUT2D eigenvalue weighted by Gasteiger charge is -2.16. The van der Waals surface area contributed by atoms with E-state index in [-0.39, 0.29) is 17.7 Å². The minimum absolute atomic E-state index is 0.0311. The zero-order valence-corrected chi connectivity index (χ0v) is 10.7. The molecule has 1 unspecified atom stereocenters. The summed E-state index contributed by atoms with van der Waals surface area (Å²) in [5.74, 6) is -0.625. The lowest BCUT2D eigenvalue weighted by Crippen LogP contribution is -2.18. The quantitative estimate of drug-likeness (QED) is 0.826. The van der Waals surface area contributed by atoms with Crippen LogP contribution in [0.4, 0.5) is 20.2 Å². The molecule has 1 atom stereocenters. The van der Waals surface area contributed by atoms with Gasteiger partial charge in [0.15, 0.2) is 0 Å². The summed E-state index contributed by atoms with van der Waals surface area (Å²) < 4.78 is 26.4. The van der Waals surface area contributed by atoms with E-state index in [1.165, 1.54) is 18.2 Å². The first-order valence-electron chi connectivity index (χ1n) is 6.10. The summed E-state index contributed by atoms with van der Waals surface area (Å²) in [5, 5.41) is 3.08. The molecule has 0 aliphatic heterocycles. The van der Waals surface area contributed by atoms with E-state index in [1.54, 1.807) is 24.3 Å². The Morgan fingerprint density at radius 3 is 2.42 bits per heavy atom. The number of nitrogen functional groups attached to an aromatic ring is 1. The van der Waals surface area contributed by atoms with E-state index in [9.17, 15) is 8.78 Å². The molecule has 0 saturated heterocycles. The van der Waals surface area contributed by atoms with Gasteiger partial charge < -0.3 is 11.1 Å². The fourth-order valence-corrected chi connectivity index (χ4v) is 1.94. The summed E-state index contributed by atoms with van der Waals surface area (Å²) in [7, 11) is 0. The van der Waals surface area contributed by atoms with Crippen molar-refractivity contribution in [2.45, 2.75) is 19.4 Å². The number of benzene rings is 2. The minimum atomic E-state index is -0.369. The molecule has 0 heterocycles. The Hall–Kier alpha value is -2.10. The highest BCUT2D eigenvalue weighted by molar-refractivity contribution is 5.53. The zero-order chi connectivity index (χ0) is 13.8. The van der Waals surface area contributed by atoms with Crippen LogP contribution >= 0.6 is 0 Å². The summed E-state index contributed by atoms with van der Waals surface area (Å²) in [6, 6.07) is 10.9. The maximum atomic E-state index is 13.6. The standard InChI is InChI=1S/C15H16F2N2/c1-10(8-11-2-4-12(16)5-3-11)19-15-7-6-13(18)9-14(15)17/h2-7,9-10,19H,8,18H2,1H3. The van der Waals surface area contributed by atoms with Crippen molar-refractivity contribution >= 4 is 11.4 Å². The van der Waals surface area contributed by atoms with Crippen molar-refractivity contribution in [3.8, 4) is 0 Å². The topological polar surface area (TPSA) is 38.0 Å². The number of hydrogen-bond acceptors (Lipinski definition) is 2. The largest absolute Gasteiger partial charge is 0.399 e. The second-order valence-electron chi connectivity index (χ2n) is 4.62. The molecule has 0 amide bonds. The van der Waals surface area contributed by atoms with Gasteiger partial charge in [-0.1, -0.05) is 12.1 Å². The maximum Gasteiger partial charge on any atom is 0.148 e. The smallest absolute Gasteiger partial charge is 0.148 e. The van der Waals surface area contributed by atoms with Crippen molar-refractivity contribution in [1.82, 2.24) is 0 Å². The van der Waals surface area contributed by atoms with Gasteiger partial charge in [-0.25, -0.2) is 8.78 Å². The molecule has 0 saturated carbocycles. The molecule has 0 aliphatic carbocycles. The zero-order valence-electron chi connectivity index (χ0n) is 10.7. The molecule has 4 heteroatoms. The maximum absolute atomic E-state index is 13.6. The molecule has 19 heavy (non-hydrogen) atoms. The molecule has 0 fully saturated rings. The summed E-state index contributed by atoms with van der Waals surface area (Å²) >= 11 is 0. The molecule has 0 spiro atoms.